The number of Topliss-reactive ketones (excluding diaryl/α,β-unsaturated/α-hetero) is 1. The molecule has 4 rings (SSSR count). The van der Waals surface area contributed by atoms with Crippen molar-refractivity contribution in [1.29, 1.82) is 0 Å². The average Bonchev–Trinajstić information content (AvgIpc) is 3.36. The molecule has 0 bridgehead atoms. The molecule has 0 N–H and O–H groups in total. The fourth-order valence-corrected chi connectivity index (χ4v) is 5.57. The second-order valence-electron chi connectivity index (χ2n) is 10.3. The molecule has 188 valence electrons. The molecule has 1 aliphatic carbocycles. The fourth-order valence-electron chi connectivity index (χ4n) is 5.57. The summed E-state index contributed by atoms with van der Waals surface area (Å²) in [7, 11) is 0. The Hall–Kier alpha value is -2.60. The number of hydrogen-bond acceptors (Lipinski definition) is 3. The zero-order valence-electron chi connectivity index (χ0n) is 20.9. The van der Waals surface area contributed by atoms with E-state index in [1.54, 1.807) is 12.1 Å². The number of carbonyl (C=O) groups excluding carboxylic acids is 2. The molecule has 1 saturated carbocycles. The Balaban J connectivity index is 1.35. The highest BCUT2D eigenvalue weighted by atomic mass is 19.1. The minimum atomic E-state index is -0.332. The third-order valence-corrected chi connectivity index (χ3v) is 7.65. The second-order valence-corrected chi connectivity index (χ2v) is 10.3. The van der Waals surface area contributed by atoms with E-state index in [0.29, 0.717) is 37.4 Å². The zero-order chi connectivity index (χ0) is 24.9. The summed E-state index contributed by atoms with van der Waals surface area (Å²) in [4.78, 5) is 29.8. The molecule has 35 heavy (non-hydrogen) atoms. The summed E-state index contributed by atoms with van der Waals surface area (Å²) in [5.41, 5.74) is 3.34. The molecule has 1 saturated heterocycles. The van der Waals surface area contributed by atoms with Crippen LogP contribution in [0, 0.1) is 24.5 Å². The van der Waals surface area contributed by atoms with Crippen molar-refractivity contribution in [3.05, 3.63) is 70.3 Å². The molecule has 2 aliphatic rings. The van der Waals surface area contributed by atoms with E-state index < -0.39 is 0 Å². The number of ketones is 1. The summed E-state index contributed by atoms with van der Waals surface area (Å²) < 4.78 is 27.9. The summed E-state index contributed by atoms with van der Waals surface area (Å²) in [6, 6.07) is 9.44. The van der Waals surface area contributed by atoms with Crippen LogP contribution in [0.1, 0.15) is 61.3 Å². The first-order chi connectivity index (χ1) is 16.8. The van der Waals surface area contributed by atoms with Gasteiger partial charge in [0.2, 0.25) is 5.91 Å². The minimum absolute atomic E-state index is 0.0153. The molecule has 0 unspecified atom stereocenters. The van der Waals surface area contributed by atoms with Gasteiger partial charge in [-0.3, -0.25) is 14.5 Å². The van der Waals surface area contributed by atoms with Crippen LogP contribution in [0.2, 0.25) is 0 Å². The van der Waals surface area contributed by atoms with Crippen molar-refractivity contribution >= 4 is 11.7 Å². The van der Waals surface area contributed by atoms with Crippen LogP contribution in [0.15, 0.2) is 36.4 Å². The molecule has 0 aromatic heterocycles. The molecule has 2 aromatic carbocycles. The van der Waals surface area contributed by atoms with Crippen LogP contribution in [0.4, 0.5) is 8.78 Å². The summed E-state index contributed by atoms with van der Waals surface area (Å²) in [6.45, 7) is 6.88. The summed E-state index contributed by atoms with van der Waals surface area (Å²) in [5.74, 6) is -0.132. The van der Waals surface area contributed by atoms with Gasteiger partial charge in [0, 0.05) is 51.0 Å². The number of amides is 1. The van der Waals surface area contributed by atoms with Crippen molar-refractivity contribution < 1.29 is 18.4 Å². The van der Waals surface area contributed by atoms with Crippen LogP contribution >= 0.6 is 0 Å². The van der Waals surface area contributed by atoms with Crippen molar-refractivity contribution in [2.24, 2.45) is 5.92 Å². The SMILES string of the molecule is Cc1c(CC(=O)CCc2cccc(F)c2)cc(F)cc1CN1CCN(C(=O)C2CCCC2)[C@@H](C)C1. The lowest BCUT2D eigenvalue weighted by atomic mass is 9.95. The van der Waals surface area contributed by atoms with Crippen LogP contribution in [-0.2, 0) is 29.0 Å². The molecular weight excluding hydrogens is 446 g/mol. The van der Waals surface area contributed by atoms with Crippen molar-refractivity contribution in [3.63, 3.8) is 0 Å². The van der Waals surface area contributed by atoms with E-state index in [2.05, 4.69) is 11.8 Å². The first-order valence-electron chi connectivity index (χ1n) is 12.9. The molecule has 2 aromatic rings. The molecule has 2 fully saturated rings. The average molecular weight is 483 g/mol. The monoisotopic (exact) mass is 482 g/mol. The second kappa shape index (κ2) is 11.4. The Bertz CT molecular complexity index is 1060. The third-order valence-electron chi connectivity index (χ3n) is 7.65. The van der Waals surface area contributed by atoms with Gasteiger partial charge in [-0.1, -0.05) is 25.0 Å². The van der Waals surface area contributed by atoms with Gasteiger partial charge in [-0.25, -0.2) is 8.78 Å². The first-order valence-corrected chi connectivity index (χ1v) is 12.9. The van der Waals surface area contributed by atoms with Gasteiger partial charge in [-0.15, -0.1) is 0 Å². The Morgan fingerprint density at radius 3 is 2.46 bits per heavy atom. The largest absolute Gasteiger partial charge is 0.337 e. The van der Waals surface area contributed by atoms with E-state index in [9.17, 15) is 18.4 Å². The standard InChI is InChI=1S/C29H36F2N2O2/c1-20-18-32(12-13-33(20)29(35)23-7-3-4-8-23)19-25-16-27(31)15-24(21(25)2)17-28(34)11-10-22-6-5-9-26(30)14-22/h5-6,9,14-16,20,23H,3-4,7-8,10-13,17-19H2,1-2H3/t20-/m0/s1. The van der Waals surface area contributed by atoms with Gasteiger partial charge in [-0.05, 0) is 79.6 Å². The van der Waals surface area contributed by atoms with Gasteiger partial charge in [0.15, 0.2) is 0 Å². The van der Waals surface area contributed by atoms with E-state index in [1.165, 1.54) is 18.2 Å². The van der Waals surface area contributed by atoms with E-state index in [-0.39, 0.29) is 35.8 Å². The van der Waals surface area contributed by atoms with E-state index in [0.717, 1.165) is 55.5 Å². The number of hydrogen-bond donors (Lipinski definition) is 0. The lowest BCUT2D eigenvalue weighted by molar-refractivity contribution is -0.140. The maximum Gasteiger partial charge on any atom is 0.226 e. The van der Waals surface area contributed by atoms with Crippen molar-refractivity contribution in [2.75, 3.05) is 19.6 Å². The third kappa shape index (κ3) is 6.54. The fraction of sp³-hybridized carbons (Fsp3) is 0.517. The number of carbonyl (C=O) groups is 2. The molecule has 4 nitrogen and oxygen atoms in total. The lowest BCUT2D eigenvalue weighted by Gasteiger charge is -2.41. The Morgan fingerprint density at radius 2 is 1.74 bits per heavy atom. The highest BCUT2D eigenvalue weighted by Gasteiger charge is 2.33. The van der Waals surface area contributed by atoms with Gasteiger partial charge < -0.3 is 4.90 Å². The molecule has 1 aliphatic heterocycles. The summed E-state index contributed by atoms with van der Waals surface area (Å²) >= 11 is 0. The highest BCUT2D eigenvalue weighted by molar-refractivity contribution is 5.81. The summed E-state index contributed by atoms with van der Waals surface area (Å²) in [5, 5.41) is 0. The predicted octanol–water partition coefficient (Wildman–Crippen LogP) is 5.24. The Kier molecular flexibility index (Phi) is 8.32. The van der Waals surface area contributed by atoms with E-state index in [4.69, 9.17) is 0 Å². The van der Waals surface area contributed by atoms with Crippen molar-refractivity contribution in [1.82, 2.24) is 9.80 Å². The number of aryl methyl sites for hydroxylation is 1. The van der Waals surface area contributed by atoms with Gasteiger partial charge in [0.25, 0.3) is 0 Å². The van der Waals surface area contributed by atoms with Gasteiger partial charge in [-0.2, -0.15) is 0 Å². The number of benzene rings is 2. The van der Waals surface area contributed by atoms with Crippen molar-refractivity contribution in [2.45, 2.75) is 71.4 Å². The molecule has 1 atom stereocenters. The maximum atomic E-state index is 14.5. The normalized spacial score (nSPS) is 19.3. The molecule has 0 spiro atoms. The lowest BCUT2D eigenvalue weighted by Crippen LogP contribution is -2.54. The summed E-state index contributed by atoms with van der Waals surface area (Å²) in [6.07, 6.45) is 5.27. The zero-order valence-corrected chi connectivity index (χ0v) is 20.9. The number of rotatable bonds is 8. The first kappa shape index (κ1) is 25.5. The van der Waals surface area contributed by atoms with Crippen LogP contribution < -0.4 is 0 Å². The molecule has 0 radical (unpaired) electrons. The number of piperazine rings is 1. The van der Waals surface area contributed by atoms with Gasteiger partial charge >= 0.3 is 0 Å². The van der Waals surface area contributed by atoms with Crippen LogP contribution in [0.3, 0.4) is 0 Å². The smallest absolute Gasteiger partial charge is 0.226 e. The Labute approximate surface area is 207 Å². The van der Waals surface area contributed by atoms with E-state index >= 15 is 0 Å². The molecule has 6 heteroatoms. The van der Waals surface area contributed by atoms with Crippen molar-refractivity contribution in [3.8, 4) is 0 Å². The highest BCUT2D eigenvalue weighted by Crippen LogP contribution is 2.28. The van der Waals surface area contributed by atoms with Crippen LogP contribution in [-0.4, -0.2) is 47.2 Å². The molecule has 1 heterocycles. The quantitative estimate of drug-likeness (QED) is 0.517. The minimum Gasteiger partial charge on any atom is -0.337 e. The maximum absolute atomic E-state index is 14.5. The van der Waals surface area contributed by atoms with Gasteiger partial charge in [0.1, 0.15) is 17.4 Å². The predicted molar refractivity (Wildman–Crippen MR) is 133 cm³/mol. The molecular formula is C29H36F2N2O2. The van der Waals surface area contributed by atoms with Crippen LogP contribution in [0.25, 0.3) is 0 Å². The van der Waals surface area contributed by atoms with E-state index in [1.807, 2.05) is 17.9 Å². The molecule has 1 amide bonds. The van der Waals surface area contributed by atoms with Crippen LogP contribution in [0.5, 0.6) is 0 Å². The number of halogens is 2. The topological polar surface area (TPSA) is 40.6 Å². The number of nitrogens with zero attached hydrogens (tertiary/aromatic N) is 2. The van der Waals surface area contributed by atoms with Gasteiger partial charge in [0.05, 0.1) is 0 Å². The Morgan fingerprint density at radius 1 is 1.00 bits per heavy atom.